The smallest absolute Gasteiger partial charge is 0.260 e. The van der Waals surface area contributed by atoms with Crippen LogP contribution in [0.5, 0.6) is 0 Å². The normalized spacial score (nSPS) is 13.5. The molecule has 2 aromatic carbocycles. The molecule has 0 fully saturated rings. The van der Waals surface area contributed by atoms with Crippen LogP contribution in [0, 0.1) is 0 Å². The molecule has 130 valence electrons. The zero-order valence-electron chi connectivity index (χ0n) is 14.0. The summed E-state index contributed by atoms with van der Waals surface area (Å²) in [7, 11) is 0. The first-order valence-electron chi connectivity index (χ1n) is 8.02. The van der Waals surface area contributed by atoms with Gasteiger partial charge in [0.05, 0.1) is 11.0 Å². The number of amides is 1. The molecular weight excluding hydrogens is 348 g/mol. The molecule has 0 bridgehead atoms. The maximum atomic E-state index is 12.6. The Bertz CT molecular complexity index is 1060. The number of aliphatic hydroxyl groups is 1. The first-order valence-corrected chi connectivity index (χ1v) is 8.90. The minimum atomic E-state index is -1.63. The number of thiazole rings is 1. The number of hydrogen-bond donors (Lipinski definition) is 2. The highest BCUT2D eigenvalue weighted by Gasteiger charge is 2.32. The lowest BCUT2D eigenvalue weighted by Gasteiger charge is -2.22. The van der Waals surface area contributed by atoms with E-state index >= 15 is 0 Å². The SMILES string of the molecule is CC(O)(C(=O)Nc1ccc2ncn(-c3nccs3)c2c1)c1ccccc1. The second kappa shape index (κ2) is 6.36. The van der Waals surface area contributed by atoms with Crippen LogP contribution in [0.1, 0.15) is 12.5 Å². The molecule has 0 aliphatic rings. The average molecular weight is 364 g/mol. The Morgan fingerprint density at radius 2 is 2.00 bits per heavy atom. The quantitative estimate of drug-likeness (QED) is 0.582. The van der Waals surface area contributed by atoms with Gasteiger partial charge in [0.2, 0.25) is 0 Å². The van der Waals surface area contributed by atoms with E-state index in [1.807, 2.05) is 28.1 Å². The standard InChI is InChI=1S/C19H16N4O2S/c1-19(25,13-5-3-2-4-6-13)17(24)22-14-7-8-15-16(11-14)23(12-21-15)18-20-9-10-26-18/h2-12,25H,1H3,(H,22,24). The number of carbonyl (C=O) groups excluding carboxylic acids is 1. The monoisotopic (exact) mass is 364 g/mol. The maximum Gasteiger partial charge on any atom is 0.260 e. The molecular formula is C19H16N4O2S. The third-order valence-electron chi connectivity index (χ3n) is 4.21. The lowest BCUT2D eigenvalue weighted by Crippen LogP contribution is -2.37. The number of rotatable bonds is 4. The van der Waals surface area contributed by atoms with Crippen LogP contribution in [0.2, 0.25) is 0 Å². The number of nitrogens with one attached hydrogen (secondary N) is 1. The van der Waals surface area contributed by atoms with Crippen LogP contribution in [-0.4, -0.2) is 25.5 Å². The van der Waals surface area contributed by atoms with Crippen LogP contribution in [0.25, 0.3) is 16.2 Å². The van der Waals surface area contributed by atoms with Crippen molar-refractivity contribution >= 4 is 34.0 Å². The topological polar surface area (TPSA) is 80.0 Å². The van der Waals surface area contributed by atoms with Crippen molar-refractivity contribution in [1.29, 1.82) is 0 Å². The van der Waals surface area contributed by atoms with Crippen LogP contribution >= 0.6 is 11.3 Å². The average Bonchev–Trinajstić information content (AvgIpc) is 3.31. The van der Waals surface area contributed by atoms with E-state index < -0.39 is 11.5 Å². The van der Waals surface area contributed by atoms with Crippen molar-refractivity contribution in [2.75, 3.05) is 5.32 Å². The lowest BCUT2D eigenvalue weighted by molar-refractivity contribution is -0.133. The Hall–Kier alpha value is -3.03. The van der Waals surface area contributed by atoms with E-state index in [0.717, 1.165) is 16.2 Å². The Kier molecular flexibility index (Phi) is 4.02. The molecule has 0 aliphatic heterocycles. The van der Waals surface area contributed by atoms with Crippen LogP contribution in [0.4, 0.5) is 5.69 Å². The number of fused-ring (bicyclic) bond motifs is 1. The fraction of sp³-hybridized carbons (Fsp3) is 0.105. The van der Waals surface area contributed by atoms with E-state index in [1.54, 1.807) is 42.9 Å². The molecule has 4 aromatic rings. The summed E-state index contributed by atoms with van der Waals surface area (Å²) in [4.78, 5) is 21.3. The van der Waals surface area contributed by atoms with Gasteiger partial charge in [0.1, 0.15) is 6.33 Å². The van der Waals surface area contributed by atoms with Crippen molar-refractivity contribution in [1.82, 2.24) is 14.5 Å². The summed E-state index contributed by atoms with van der Waals surface area (Å²) >= 11 is 1.50. The van der Waals surface area contributed by atoms with Crippen molar-refractivity contribution in [3.63, 3.8) is 0 Å². The predicted octanol–water partition coefficient (Wildman–Crippen LogP) is 3.33. The van der Waals surface area contributed by atoms with E-state index in [0.29, 0.717) is 11.3 Å². The summed E-state index contributed by atoms with van der Waals surface area (Å²) in [5.74, 6) is -0.497. The summed E-state index contributed by atoms with van der Waals surface area (Å²) in [5.41, 5.74) is 1.11. The summed E-state index contributed by atoms with van der Waals surface area (Å²) < 4.78 is 1.87. The van der Waals surface area contributed by atoms with Gasteiger partial charge < -0.3 is 10.4 Å². The Morgan fingerprint density at radius 3 is 2.73 bits per heavy atom. The molecule has 0 aliphatic carbocycles. The number of carbonyl (C=O) groups is 1. The molecule has 2 aromatic heterocycles. The second-order valence-corrected chi connectivity index (χ2v) is 6.90. The zero-order valence-corrected chi connectivity index (χ0v) is 14.8. The van der Waals surface area contributed by atoms with Gasteiger partial charge in [0.15, 0.2) is 10.7 Å². The third kappa shape index (κ3) is 2.87. The Morgan fingerprint density at radius 1 is 1.19 bits per heavy atom. The van der Waals surface area contributed by atoms with Crippen LogP contribution in [-0.2, 0) is 10.4 Å². The van der Waals surface area contributed by atoms with Crippen molar-refractivity contribution < 1.29 is 9.90 Å². The number of hydrogen-bond acceptors (Lipinski definition) is 5. The van der Waals surface area contributed by atoms with E-state index in [1.165, 1.54) is 18.3 Å². The largest absolute Gasteiger partial charge is 0.376 e. The zero-order chi connectivity index (χ0) is 18.1. The lowest BCUT2D eigenvalue weighted by atomic mass is 9.95. The molecule has 2 N–H and O–H groups in total. The van der Waals surface area contributed by atoms with Crippen molar-refractivity contribution in [2.24, 2.45) is 0 Å². The summed E-state index contributed by atoms with van der Waals surface area (Å²) in [6, 6.07) is 14.3. The van der Waals surface area contributed by atoms with Gasteiger partial charge in [-0.05, 0) is 30.7 Å². The first-order chi connectivity index (χ1) is 12.6. The molecule has 0 saturated heterocycles. The van der Waals surface area contributed by atoms with Gasteiger partial charge in [-0.15, -0.1) is 11.3 Å². The highest BCUT2D eigenvalue weighted by Crippen LogP contribution is 2.26. The number of imidazole rings is 1. The van der Waals surface area contributed by atoms with Crippen molar-refractivity contribution in [3.8, 4) is 5.13 Å². The van der Waals surface area contributed by atoms with Gasteiger partial charge in [-0.1, -0.05) is 30.3 Å². The fourth-order valence-corrected chi connectivity index (χ4v) is 3.34. The van der Waals surface area contributed by atoms with E-state index in [4.69, 9.17) is 0 Å². The molecule has 0 radical (unpaired) electrons. The van der Waals surface area contributed by atoms with Gasteiger partial charge in [-0.2, -0.15) is 0 Å². The maximum absolute atomic E-state index is 12.6. The molecule has 1 unspecified atom stereocenters. The third-order valence-corrected chi connectivity index (χ3v) is 4.98. The summed E-state index contributed by atoms with van der Waals surface area (Å²) in [6.45, 7) is 1.48. The van der Waals surface area contributed by atoms with Crippen molar-refractivity contribution in [2.45, 2.75) is 12.5 Å². The highest BCUT2D eigenvalue weighted by atomic mass is 32.1. The number of nitrogens with zero attached hydrogens (tertiary/aromatic N) is 3. The molecule has 6 nitrogen and oxygen atoms in total. The van der Waals surface area contributed by atoms with E-state index in [-0.39, 0.29) is 0 Å². The number of aromatic nitrogens is 3. The van der Waals surface area contributed by atoms with Crippen LogP contribution in [0.3, 0.4) is 0 Å². The van der Waals surface area contributed by atoms with Gasteiger partial charge >= 0.3 is 0 Å². The molecule has 0 saturated carbocycles. The Balaban J connectivity index is 1.65. The van der Waals surface area contributed by atoms with Crippen LogP contribution < -0.4 is 5.32 Å². The van der Waals surface area contributed by atoms with Crippen molar-refractivity contribution in [3.05, 3.63) is 72.0 Å². The minimum absolute atomic E-state index is 0.497. The molecule has 1 atom stereocenters. The molecule has 1 amide bonds. The van der Waals surface area contributed by atoms with E-state index in [2.05, 4.69) is 15.3 Å². The predicted molar refractivity (Wildman–Crippen MR) is 101 cm³/mol. The Labute approximate surface area is 153 Å². The summed E-state index contributed by atoms with van der Waals surface area (Å²) in [5, 5.41) is 16.1. The molecule has 26 heavy (non-hydrogen) atoms. The fourth-order valence-electron chi connectivity index (χ4n) is 2.72. The highest BCUT2D eigenvalue weighted by molar-refractivity contribution is 7.12. The van der Waals surface area contributed by atoms with E-state index in [9.17, 15) is 9.90 Å². The van der Waals surface area contributed by atoms with Gasteiger partial charge in [0.25, 0.3) is 5.91 Å². The molecule has 4 rings (SSSR count). The molecule has 2 heterocycles. The molecule has 0 spiro atoms. The first kappa shape index (κ1) is 16.4. The van der Waals surface area contributed by atoms with Gasteiger partial charge in [-0.3, -0.25) is 9.36 Å². The molecule has 7 heteroatoms. The number of anilines is 1. The summed E-state index contributed by atoms with van der Waals surface area (Å²) in [6.07, 6.45) is 3.43. The van der Waals surface area contributed by atoms with Gasteiger partial charge in [-0.25, -0.2) is 9.97 Å². The van der Waals surface area contributed by atoms with Crippen LogP contribution in [0.15, 0.2) is 66.4 Å². The minimum Gasteiger partial charge on any atom is -0.376 e. The second-order valence-electron chi connectivity index (χ2n) is 6.03. The van der Waals surface area contributed by atoms with Gasteiger partial charge in [0, 0.05) is 17.3 Å². The number of benzene rings is 2.